The molecule has 1 heterocycles. The number of anilines is 1. The van der Waals surface area contributed by atoms with Gasteiger partial charge < -0.3 is 20.5 Å². The van der Waals surface area contributed by atoms with Gasteiger partial charge in [-0.25, -0.2) is 0 Å². The number of ether oxygens (including phenoxy) is 1. The van der Waals surface area contributed by atoms with Gasteiger partial charge in [0.25, 0.3) is 11.8 Å². The standard InChI is InChI=1S/C33H47N3O8/c1-5-8-22(2)19-25-11-12-28(38)27(21-25)35-33(43)23(3)20-29(39)24(4)34-30(40)15-18-44-17-7-10-26(37)9-6-16-36-31(41)13-14-32(36)42/h11-14,21-24,38H,5-10,15-20H2,1-4H3,(H,34,40)(H,35,43)/t22-,23-,24+/m1/s1. The van der Waals surface area contributed by atoms with E-state index in [0.29, 0.717) is 37.5 Å². The van der Waals surface area contributed by atoms with E-state index in [4.69, 9.17) is 4.74 Å². The highest BCUT2D eigenvalue weighted by molar-refractivity contribution is 6.12. The van der Waals surface area contributed by atoms with Crippen LogP contribution in [-0.2, 0) is 39.9 Å². The molecule has 0 unspecified atom stereocenters. The van der Waals surface area contributed by atoms with Crippen LogP contribution < -0.4 is 10.6 Å². The number of benzene rings is 1. The third kappa shape index (κ3) is 12.8. The number of hydrogen-bond donors (Lipinski definition) is 3. The van der Waals surface area contributed by atoms with Crippen molar-refractivity contribution in [2.75, 3.05) is 25.1 Å². The normalized spacial score (nSPS) is 14.8. The van der Waals surface area contributed by atoms with Crippen LogP contribution in [-0.4, -0.2) is 71.0 Å². The Morgan fingerprint density at radius 1 is 0.955 bits per heavy atom. The Labute approximate surface area is 259 Å². The fraction of sp³-hybridized carbons (Fsp3) is 0.576. The summed E-state index contributed by atoms with van der Waals surface area (Å²) in [6.07, 6.45) is 6.86. The number of nitrogens with one attached hydrogen (secondary N) is 2. The lowest BCUT2D eigenvalue weighted by Crippen LogP contribution is -2.40. The van der Waals surface area contributed by atoms with Gasteiger partial charge in [0.05, 0.1) is 18.3 Å². The Bertz CT molecular complexity index is 1190. The molecule has 242 valence electrons. The molecule has 4 amide bonds. The summed E-state index contributed by atoms with van der Waals surface area (Å²) < 4.78 is 5.44. The SMILES string of the molecule is CCC[C@@H](C)Cc1ccc(O)c(NC(=O)[C@H](C)CC(=O)[C@H](C)NC(=O)CCOCCCC(=O)CCCN2C(=O)C=CC2=O)c1. The van der Waals surface area contributed by atoms with E-state index >= 15 is 0 Å². The van der Waals surface area contributed by atoms with Crippen LogP contribution in [0.4, 0.5) is 5.69 Å². The van der Waals surface area contributed by atoms with Crippen LogP contribution in [0.5, 0.6) is 5.75 Å². The second-order valence-corrected chi connectivity index (χ2v) is 11.6. The van der Waals surface area contributed by atoms with Crippen molar-refractivity contribution in [3.05, 3.63) is 35.9 Å². The number of carbonyl (C=O) groups excluding carboxylic acids is 6. The second-order valence-electron chi connectivity index (χ2n) is 11.6. The molecular weight excluding hydrogens is 566 g/mol. The first-order chi connectivity index (χ1) is 20.9. The summed E-state index contributed by atoms with van der Waals surface area (Å²) >= 11 is 0. The van der Waals surface area contributed by atoms with Gasteiger partial charge in [-0.1, -0.05) is 39.7 Å². The summed E-state index contributed by atoms with van der Waals surface area (Å²) in [6, 6.07) is 4.38. The van der Waals surface area contributed by atoms with Gasteiger partial charge in [0.1, 0.15) is 11.5 Å². The predicted molar refractivity (Wildman–Crippen MR) is 166 cm³/mol. The Morgan fingerprint density at radius 2 is 1.64 bits per heavy atom. The van der Waals surface area contributed by atoms with Crippen molar-refractivity contribution in [2.45, 2.75) is 91.5 Å². The van der Waals surface area contributed by atoms with Gasteiger partial charge in [0, 0.05) is 56.9 Å². The number of nitrogens with zero attached hydrogens (tertiary/aromatic N) is 1. The van der Waals surface area contributed by atoms with Crippen molar-refractivity contribution in [2.24, 2.45) is 11.8 Å². The zero-order valence-electron chi connectivity index (χ0n) is 26.4. The van der Waals surface area contributed by atoms with Gasteiger partial charge in [-0.05, 0) is 49.8 Å². The number of carbonyl (C=O) groups is 6. The number of rotatable bonds is 21. The molecule has 3 atom stereocenters. The van der Waals surface area contributed by atoms with E-state index in [-0.39, 0.29) is 67.5 Å². The van der Waals surface area contributed by atoms with Crippen molar-refractivity contribution in [1.82, 2.24) is 10.2 Å². The third-order valence-corrected chi connectivity index (χ3v) is 7.46. The summed E-state index contributed by atoms with van der Waals surface area (Å²) in [6.45, 7) is 8.12. The molecule has 0 aromatic heterocycles. The molecule has 11 heteroatoms. The van der Waals surface area contributed by atoms with Crippen LogP contribution in [0.15, 0.2) is 30.4 Å². The highest BCUT2D eigenvalue weighted by atomic mass is 16.5. The van der Waals surface area contributed by atoms with Crippen molar-refractivity contribution < 1.29 is 38.6 Å². The average Bonchev–Trinajstić information content (AvgIpc) is 3.28. The van der Waals surface area contributed by atoms with E-state index in [1.807, 2.05) is 6.07 Å². The Kier molecular flexibility index (Phi) is 15.5. The van der Waals surface area contributed by atoms with Crippen LogP contribution in [0, 0.1) is 11.8 Å². The summed E-state index contributed by atoms with van der Waals surface area (Å²) in [4.78, 5) is 73.8. The minimum Gasteiger partial charge on any atom is -0.506 e. The number of hydrogen-bond acceptors (Lipinski definition) is 8. The molecule has 0 aliphatic carbocycles. The number of aromatic hydroxyl groups is 1. The number of phenolic OH excluding ortho intramolecular Hbond substituents is 1. The van der Waals surface area contributed by atoms with E-state index in [1.165, 1.54) is 12.2 Å². The summed E-state index contributed by atoms with van der Waals surface area (Å²) in [5, 5.41) is 15.6. The number of phenols is 1. The molecule has 44 heavy (non-hydrogen) atoms. The van der Waals surface area contributed by atoms with Gasteiger partial charge in [-0.2, -0.15) is 0 Å². The lowest BCUT2D eigenvalue weighted by molar-refractivity contribution is -0.137. The highest BCUT2D eigenvalue weighted by Crippen LogP contribution is 2.27. The quantitative estimate of drug-likeness (QED) is 0.107. The van der Waals surface area contributed by atoms with E-state index in [1.54, 1.807) is 26.0 Å². The molecule has 0 bridgehead atoms. The van der Waals surface area contributed by atoms with E-state index in [0.717, 1.165) is 29.7 Å². The second kappa shape index (κ2) is 18.7. The first-order valence-corrected chi connectivity index (χ1v) is 15.5. The van der Waals surface area contributed by atoms with Crippen LogP contribution in [0.1, 0.15) is 84.6 Å². The number of amides is 4. The molecule has 0 spiro atoms. The maximum absolute atomic E-state index is 12.8. The number of Topliss-reactive ketones (excluding diaryl/α,β-unsaturated/α-hetero) is 2. The molecule has 0 fully saturated rings. The molecule has 0 radical (unpaired) electrons. The maximum Gasteiger partial charge on any atom is 0.253 e. The Hall–Kier alpha value is -3.86. The van der Waals surface area contributed by atoms with Gasteiger partial charge >= 0.3 is 0 Å². The first-order valence-electron chi connectivity index (χ1n) is 15.5. The van der Waals surface area contributed by atoms with Gasteiger partial charge in [-0.3, -0.25) is 33.7 Å². The summed E-state index contributed by atoms with van der Waals surface area (Å²) in [5.74, 6) is -1.99. The zero-order chi connectivity index (χ0) is 32.6. The minimum absolute atomic E-state index is 0.0102. The minimum atomic E-state index is -0.783. The topological polar surface area (TPSA) is 159 Å². The fourth-order valence-corrected chi connectivity index (χ4v) is 4.88. The molecule has 11 nitrogen and oxygen atoms in total. The smallest absolute Gasteiger partial charge is 0.253 e. The van der Waals surface area contributed by atoms with Crippen molar-refractivity contribution in [1.29, 1.82) is 0 Å². The van der Waals surface area contributed by atoms with Gasteiger partial charge in [0.15, 0.2) is 5.78 Å². The zero-order valence-corrected chi connectivity index (χ0v) is 26.4. The van der Waals surface area contributed by atoms with Crippen molar-refractivity contribution >= 4 is 40.9 Å². The molecule has 0 saturated carbocycles. The third-order valence-electron chi connectivity index (χ3n) is 7.46. The largest absolute Gasteiger partial charge is 0.506 e. The Balaban J connectivity index is 1.61. The highest BCUT2D eigenvalue weighted by Gasteiger charge is 2.24. The predicted octanol–water partition coefficient (Wildman–Crippen LogP) is 3.87. The molecule has 1 aromatic rings. The molecule has 1 aliphatic rings. The molecule has 1 aliphatic heterocycles. The van der Waals surface area contributed by atoms with Crippen molar-refractivity contribution in [3.63, 3.8) is 0 Å². The summed E-state index contributed by atoms with van der Waals surface area (Å²) in [5.41, 5.74) is 1.32. The fourth-order valence-electron chi connectivity index (χ4n) is 4.88. The van der Waals surface area contributed by atoms with E-state index < -0.39 is 17.9 Å². The van der Waals surface area contributed by atoms with Crippen LogP contribution >= 0.6 is 0 Å². The van der Waals surface area contributed by atoms with Crippen LogP contribution in [0.3, 0.4) is 0 Å². The average molecular weight is 614 g/mol. The van der Waals surface area contributed by atoms with E-state index in [9.17, 15) is 33.9 Å². The molecule has 0 saturated heterocycles. The molecule has 1 aromatic carbocycles. The maximum atomic E-state index is 12.8. The van der Waals surface area contributed by atoms with Crippen LogP contribution in [0.2, 0.25) is 0 Å². The summed E-state index contributed by atoms with van der Waals surface area (Å²) in [7, 11) is 0. The Morgan fingerprint density at radius 3 is 2.32 bits per heavy atom. The van der Waals surface area contributed by atoms with E-state index in [2.05, 4.69) is 24.5 Å². The molecule has 3 N–H and O–H groups in total. The van der Waals surface area contributed by atoms with Crippen LogP contribution in [0.25, 0.3) is 0 Å². The number of ketones is 2. The monoisotopic (exact) mass is 613 g/mol. The number of imide groups is 1. The molecular formula is C33H47N3O8. The molecule has 2 rings (SSSR count). The van der Waals surface area contributed by atoms with Gasteiger partial charge in [0.2, 0.25) is 11.8 Å². The lowest BCUT2D eigenvalue weighted by Gasteiger charge is -2.17. The van der Waals surface area contributed by atoms with Gasteiger partial charge in [-0.15, -0.1) is 0 Å². The van der Waals surface area contributed by atoms with Crippen molar-refractivity contribution in [3.8, 4) is 5.75 Å². The first kappa shape index (κ1) is 36.3. The lowest BCUT2D eigenvalue weighted by atomic mass is 9.96.